The summed E-state index contributed by atoms with van der Waals surface area (Å²) in [6.07, 6.45) is 7.46. The molecular formula is C20H30N2O. The van der Waals surface area contributed by atoms with Crippen molar-refractivity contribution in [2.24, 2.45) is 17.1 Å². The highest BCUT2D eigenvalue weighted by Gasteiger charge is 2.37. The lowest BCUT2D eigenvalue weighted by molar-refractivity contribution is -0.131. The fourth-order valence-electron chi connectivity index (χ4n) is 4.20. The average Bonchev–Trinajstić information content (AvgIpc) is 3.14. The number of nitrogens with zero attached hydrogens (tertiary/aromatic N) is 1. The molecule has 3 heteroatoms. The number of benzene rings is 1. The summed E-state index contributed by atoms with van der Waals surface area (Å²) < 4.78 is 0. The van der Waals surface area contributed by atoms with Gasteiger partial charge in [0, 0.05) is 25.6 Å². The molecule has 1 aromatic rings. The third kappa shape index (κ3) is 4.14. The second-order valence-corrected chi connectivity index (χ2v) is 7.92. The van der Waals surface area contributed by atoms with Gasteiger partial charge in [0.1, 0.15) is 0 Å². The van der Waals surface area contributed by atoms with E-state index in [0.29, 0.717) is 18.2 Å². The molecule has 23 heavy (non-hydrogen) atoms. The van der Waals surface area contributed by atoms with Gasteiger partial charge in [-0.25, -0.2) is 0 Å². The zero-order valence-electron chi connectivity index (χ0n) is 14.3. The summed E-state index contributed by atoms with van der Waals surface area (Å²) in [6, 6.07) is 10.9. The van der Waals surface area contributed by atoms with Crippen LogP contribution in [0.5, 0.6) is 0 Å². The number of likely N-dealkylation sites (tertiary alicyclic amines) is 1. The van der Waals surface area contributed by atoms with Crippen LogP contribution in [0.15, 0.2) is 30.3 Å². The van der Waals surface area contributed by atoms with Gasteiger partial charge < -0.3 is 10.6 Å². The molecule has 2 N–H and O–H groups in total. The van der Waals surface area contributed by atoms with E-state index >= 15 is 0 Å². The van der Waals surface area contributed by atoms with Crippen LogP contribution < -0.4 is 5.73 Å². The minimum absolute atomic E-state index is 0.242. The lowest BCUT2D eigenvalue weighted by Gasteiger charge is -2.26. The lowest BCUT2D eigenvalue weighted by Crippen LogP contribution is -2.35. The van der Waals surface area contributed by atoms with Crippen LogP contribution in [0.2, 0.25) is 0 Å². The molecule has 2 aliphatic rings. The van der Waals surface area contributed by atoms with Crippen LogP contribution in [0.25, 0.3) is 0 Å². The Balaban J connectivity index is 1.49. The molecule has 0 radical (unpaired) electrons. The zero-order valence-corrected chi connectivity index (χ0v) is 14.3. The van der Waals surface area contributed by atoms with E-state index in [1.54, 1.807) is 0 Å². The number of hydrogen-bond acceptors (Lipinski definition) is 2. The van der Waals surface area contributed by atoms with E-state index in [1.165, 1.54) is 12.0 Å². The molecule has 1 saturated carbocycles. The van der Waals surface area contributed by atoms with E-state index < -0.39 is 0 Å². The van der Waals surface area contributed by atoms with Crippen molar-refractivity contribution < 1.29 is 4.79 Å². The number of carbonyl (C=O) groups is 1. The van der Waals surface area contributed by atoms with Crippen LogP contribution in [0.4, 0.5) is 0 Å². The van der Waals surface area contributed by atoms with Gasteiger partial charge in [0.15, 0.2) is 0 Å². The highest BCUT2D eigenvalue weighted by Crippen LogP contribution is 2.36. The van der Waals surface area contributed by atoms with E-state index in [1.807, 2.05) is 0 Å². The Morgan fingerprint density at radius 1 is 1.30 bits per heavy atom. The quantitative estimate of drug-likeness (QED) is 0.905. The summed E-state index contributed by atoms with van der Waals surface area (Å²) in [7, 11) is 0. The lowest BCUT2D eigenvalue weighted by atomic mass is 9.83. The third-order valence-corrected chi connectivity index (χ3v) is 5.93. The van der Waals surface area contributed by atoms with Gasteiger partial charge in [0.2, 0.25) is 5.91 Å². The molecule has 0 aromatic heterocycles. The molecule has 1 saturated heterocycles. The fraction of sp³-hybridized carbons (Fsp3) is 0.650. The first-order valence-electron chi connectivity index (χ1n) is 9.13. The summed E-state index contributed by atoms with van der Waals surface area (Å²) >= 11 is 0. The molecule has 1 unspecified atom stereocenters. The van der Waals surface area contributed by atoms with Crippen molar-refractivity contribution >= 4 is 5.91 Å². The van der Waals surface area contributed by atoms with Gasteiger partial charge in [-0.3, -0.25) is 4.79 Å². The van der Waals surface area contributed by atoms with Crippen molar-refractivity contribution in [2.75, 3.05) is 13.1 Å². The molecule has 1 aromatic carbocycles. The van der Waals surface area contributed by atoms with Crippen LogP contribution in [0.1, 0.15) is 51.0 Å². The maximum Gasteiger partial charge on any atom is 0.222 e. The first-order chi connectivity index (χ1) is 11.1. The summed E-state index contributed by atoms with van der Waals surface area (Å²) in [5, 5.41) is 0. The van der Waals surface area contributed by atoms with Crippen molar-refractivity contribution in [1.29, 1.82) is 0 Å². The average molecular weight is 314 g/mol. The molecule has 1 aliphatic heterocycles. The summed E-state index contributed by atoms with van der Waals surface area (Å²) in [6.45, 7) is 4.18. The third-order valence-electron chi connectivity index (χ3n) is 5.93. The molecule has 126 valence electrons. The highest BCUT2D eigenvalue weighted by molar-refractivity contribution is 5.77. The molecule has 1 aliphatic carbocycles. The summed E-state index contributed by atoms with van der Waals surface area (Å²) in [5.74, 6) is 0.745. The predicted molar refractivity (Wildman–Crippen MR) is 94.0 cm³/mol. The minimum atomic E-state index is 0.242. The highest BCUT2D eigenvalue weighted by atomic mass is 16.2. The number of nitrogens with two attached hydrogens (primary N) is 1. The van der Waals surface area contributed by atoms with Gasteiger partial charge in [-0.05, 0) is 49.0 Å². The largest absolute Gasteiger partial charge is 0.342 e. The summed E-state index contributed by atoms with van der Waals surface area (Å²) in [4.78, 5) is 14.7. The Bertz CT molecular complexity index is 530. The topological polar surface area (TPSA) is 46.3 Å². The van der Waals surface area contributed by atoms with Gasteiger partial charge in [0.25, 0.3) is 0 Å². The zero-order chi connectivity index (χ0) is 16.3. The smallest absolute Gasteiger partial charge is 0.222 e. The van der Waals surface area contributed by atoms with Crippen molar-refractivity contribution in [3.63, 3.8) is 0 Å². The van der Waals surface area contributed by atoms with Crippen molar-refractivity contribution in [3.8, 4) is 0 Å². The second kappa shape index (κ2) is 7.04. The van der Waals surface area contributed by atoms with Crippen molar-refractivity contribution in [2.45, 2.75) is 57.9 Å². The number of rotatable bonds is 5. The van der Waals surface area contributed by atoms with E-state index in [0.717, 1.165) is 45.2 Å². The predicted octanol–water partition coefficient (Wildman–Crippen LogP) is 3.38. The van der Waals surface area contributed by atoms with Gasteiger partial charge in [-0.2, -0.15) is 0 Å². The Morgan fingerprint density at radius 3 is 2.78 bits per heavy atom. The Kier molecular flexibility index (Phi) is 5.05. The number of amides is 1. The van der Waals surface area contributed by atoms with Crippen LogP contribution in [0.3, 0.4) is 0 Å². The molecule has 2 fully saturated rings. The van der Waals surface area contributed by atoms with Crippen molar-refractivity contribution in [3.05, 3.63) is 35.9 Å². The maximum atomic E-state index is 12.6. The first kappa shape index (κ1) is 16.5. The molecule has 3 nitrogen and oxygen atoms in total. The number of carbonyl (C=O) groups excluding carboxylic acids is 1. The maximum absolute atomic E-state index is 12.6. The number of aryl methyl sites for hydroxylation is 1. The second-order valence-electron chi connectivity index (χ2n) is 7.92. The molecule has 0 bridgehead atoms. The van der Waals surface area contributed by atoms with Crippen LogP contribution in [-0.2, 0) is 11.2 Å². The summed E-state index contributed by atoms with van der Waals surface area (Å²) in [5.41, 5.74) is 7.79. The van der Waals surface area contributed by atoms with Gasteiger partial charge >= 0.3 is 0 Å². The minimum Gasteiger partial charge on any atom is -0.342 e. The van der Waals surface area contributed by atoms with Crippen LogP contribution in [0, 0.1) is 11.3 Å². The SMILES string of the molecule is CC1(CCc2ccccc2)CCN(C(=O)C[C@@H]2CCC[C@H]2N)C1. The van der Waals surface area contributed by atoms with Crippen LogP contribution >= 0.6 is 0 Å². The molecule has 1 amide bonds. The van der Waals surface area contributed by atoms with E-state index in [2.05, 4.69) is 42.2 Å². The first-order valence-corrected chi connectivity index (χ1v) is 9.13. The standard InChI is InChI=1S/C20H30N2O/c1-20(11-10-16-6-3-2-4-7-16)12-13-22(15-20)19(23)14-17-8-5-9-18(17)21/h2-4,6-7,17-18H,5,8-15,21H2,1H3/t17-,18+,20?/m0/s1. The molecule has 1 heterocycles. The van der Waals surface area contributed by atoms with E-state index in [-0.39, 0.29) is 11.5 Å². The molecular weight excluding hydrogens is 284 g/mol. The Hall–Kier alpha value is -1.35. The van der Waals surface area contributed by atoms with Gasteiger partial charge in [0.05, 0.1) is 0 Å². The fourth-order valence-corrected chi connectivity index (χ4v) is 4.20. The van der Waals surface area contributed by atoms with Gasteiger partial charge in [-0.1, -0.05) is 43.7 Å². The molecule has 0 spiro atoms. The number of hydrogen-bond donors (Lipinski definition) is 1. The van der Waals surface area contributed by atoms with E-state index in [4.69, 9.17) is 5.73 Å². The van der Waals surface area contributed by atoms with Crippen LogP contribution in [-0.4, -0.2) is 29.9 Å². The monoisotopic (exact) mass is 314 g/mol. The van der Waals surface area contributed by atoms with E-state index in [9.17, 15) is 4.79 Å². The Morgan fingerprint density at radius 2 is 2.09 bits per heavy atom. The Labute approximate surface area is 140 Å². The molecule has 3 rings (SSSR count). The van der Waals surface area contributed by atoms with Gasteiger partial charge in [-0.15, -0.1) is 0 Å². The normalized spacial score (nSPS) is 30.8. The molecule has 3 atom stereocenters. The van der Waals surface area contributed by atoms with Crippen molar-refractivity contribution in [1.82, 2.24) is 4.90 Å².